The van der Waals surface area contributed by atoms with Crippen LogP contribution in [0.3, 0.4) is 0 Å². The molecular formula is C15H18N8O. The van der Waals surface area contributed by atoms with Gasteiger partial charge in [-0.2, -0.15) is 9.61 Å². The molecule has 3 aromatic rings. The summed E-state index contributed by atoms with van der Waals surface area (Å²) in [6.45, 7) is 5.96. The predicted octanol–water partition coefficient (Wildman–Crippen LogP) is 0.640. The van der Waals surface area contributed by atoms with Gasteiger partial charge in [0.05, 0.1) is 19.0 Å². The van der Waals surface area contributed by atoms with Gasteiger partial charge in [0.2, 0.25) is 5.88 Å². The Bertz CT molecular complexity index is 827. The van der Waals surface area contributed by atoms with Crippen LogP contribution in [-0.4, -0.2) is 62.3 Å². The summed E-state index contributed by atoms with van der Waals surface area (Å²) in [6, 6.07) is 1.89. The maximum absolute atomic E-state index is 5.45. The standard InChI is InChI=1S/C15H18N8O/c1-2-24-14-7-12(17-10-19-14)21-3-5-22(6-4-21)15-9-16-8-13-18-11-20-23(13)15/h7-11H,2-6H2,1H3. The van der Waals surface area contributed by atoms with E-state index in [1.165, 1.54) is 0 Å². The second-order valence-electron chi connectivity index (χ2n) is 5.42. The fraction of sp³-hybridized carbons (Fsp3) is 0.400. The van der Waals surface area contributed by atoms with Crippen molar-refractivity contribution in [3.8, 4) is 5.88 Å². The van der Waals surface area contributed by atoms with E-state index in [1.807, 2.05) is 23.7 Å². The zero-order valence-corrected chi connectivity index (χ0v) is 13.4. The van der Waals surface area contributed by atoms with Crippen molar-refractivity contribution >= 4 is 17.3 Å². The lowest BCUT2D eigenvalue weighted by molar-refractivity contribution is 0.326. The van der Waals surface area contributed by atoms with Crippen LogP contribution < -0.4 is 14.5 Å². The second-order valence-corrected chi connectivity index (χ2v) is 5.42. The van der Waals surface area contributed by atoms with Crippen molar-refractivity contribution in [2.75, 3.05) is 42.6 Å². The molecule has 0 aromatic carbocycles. The lowest BCUT2D eigenvalue weighted by atomic mass is 10.3. The summed E-state index contributed by atoms with van der Waals surface area (Å²) in [5.74, 6) is 2.47. The lowest BCUT2D eigenvalue weighted by Crippen LogP contribution is -2.47. The maximum Gasteiger partial charge on any atom is 0.218 e. The van der Waals surface area contributed by atoms with Crippen LogP contribution in [0.2, 0.25) is 0 Å². The van der Waals surface area contributed by atoms with E-state index in [9.17, 15) is 0 Å². The van der Waals surface area contributed by atoms with E-state index in [1.54, 1.807) is 18.9 Å². The minimum absolute atomic E-state index is 0.596. The number of hydrogen-bond donors (Lipinski definition) is 0. The summed E-state index contributed by atoms with van der Waals surface area (Å²) in [5, 5.41) is 4.28. The number of nitrogens with zero attached hydrogens (tertiary/aromatic N) is 8. The molecular weight excluding hydrogens is 308 g/mol. The molecule has 1 saturated heterocycles. The molecule has 1 fully saturated rings. The SMILES string of the molecule is CCOc1cc(N2CCN(c3cncc4ncnn34)CC2)ncn1. The average molecular weight is 326 g/mol. The van der Waals surface area contributed by atoms with Gasteiger partial charge in [-0.15, -0.1) is 0 Å². The van der Waals surface area contributed by atoms with Crippen molar-refractivity contribution in [3.05, 3.63) is 31.1 Å². The van der Waals surface area contributed by atoms with Crippen LogP contribution in [0.5, 0.6) is 5.88 Å². The number of ether oxygens (including phenoxy) is 1. The predicted molar refractivity (Wildman–Crippen MR) is 88.4 cm³/mol. The highest BCUT2D eigenvalue weighted by atomic mass is 16.5. The first-order valence-corrected chi connectivity index (χ1v) is 7.93. The molecule has 3 aromatic heterocycles. The summed E-state index contributed by atoms with van der Waals surface area (Å²) in [6.07, 6.45) is 6.64. The van der Waals surface area contributed by atoms with Gasteiger partial charge in [0, 0.05) is 32.2 Å². The largest absolute Gasteiger partial charge is 0.478 e. The smallest absolute Gasteiger partial charge is 0.218 e. The van der Waals surface area contributed by atoms with Gasteiger partial charge >= 0.3 is 0 Å². The normalized spacial score (nSPS) is 15.0. The van der Waals surface area contributed by atoms with Crippen LogP contribution in [0, 0.1) is 0 Å². The Morgan fingerprint density at radius 1 is 1.00 bits per heavy atom. The topological polar surface area (TPSA) is 84.6 Å². The van der Waals surface area contributed by atoms with Gasteiger partial charge in [0.15, 0.2) is 11.5 Å². The van der Waals surface area contributed by atoms with Crippen LogP contribution >= 0.6 is 0 Å². The Morgan fingerprint density at radius 2 is 1.83 bits per heavy atom. The zero-order chi connectivity index (χ0) is 16.4. The van der Waals surface area contributed by atoms with Gasteiger partial charge in [-0.1, -0.05) is 0 Å². The number of hydrogen-bond acceptors (Lipinski definition) is 8. The Hall–Kier alpha value is -2.97. The third-order valence-electron chi connectivity index (χ3n) is 4.02. The fourth-order valence-corrected chi connectivity index (χ4v) is 2.85. The average Bonchev–Trinajstić information content (AvgIpc) is 3.11. The van der Waals surface area contributed by atoms with E-state index in [4.69, 9.17) is 4.74 Å². The Balaban J connectivity index is 1.49. The van der Waals surface area contributed by atoms with Gasteiger partial charge in [0.25, 0.3) is 0 Å². The monoisotopic (exact) mass is 326 g/mol. The summed E-state index contributed by atoms with van der Waals surface area (Å²) < 4.78 is 7.27. The van der Waals surface area contributed by atoms with E-state index in [2.05, 4.69) is 34.8 Å². The molecule has 0 atom stereocenters. The highest BCUT2D eigenvalue weighted by Crippen LogP contribution is 2.20. The number of rotatable bonds is 4. The lowest BCUT2D eigenvalue weighted by Gasteiger charge is -2.36. The van der Waals surface area contributed by atoms with Crippen LogP contribution in [-0.2, 0) is 0 Å². The highest BCUT2D eigenvalue weighted by molar-refractivity contribution is 5.49. The van der Waals surface area contributed by atoms with E-state index < -0.39 is 0 Å². The second kappa shape index (κ2) is 6.26. The first-order chi connectivity index (χ1) is 11.8. The molecule has 4 heterocycles. The van der Waals surface area contributed by atoms with E-state index in [-0.39, 0.29) is 0 Å². The third kappa shape index (κ3) is 2.68. The van der Waals surface area contributed by atoms with Gasteiger partial charge < -0.3 is 14.5 Å². The summed E-state index contributed by atoms with van der Waals surface area (Å²) in [5.41, 5.74) is 0.757. The quantitative estimate of drug-likeness (QED) is 0.690. The molecule has 0 amide bonds. The van der Waals surface area contributed by atoms with Gasteiger partial charge in [0.1, 0.15) is 18.5 Å². The van der Waals surface area contributed by atoms with E-state index >= 15 is 0 Å². The number of piperazine rings is 1. The molecule has 1 aliphatic heterocycles. The molecule has 0 unspecified atom stereocenters. The van der Waals surface area contributed by atoms with Crippen molar-refractivity contribution < 1.29 is 4.74 Å². The molecule has 0 saturated carbocycles. The fourth-order valence-electron chi connectivity index (χ4n) is 2.85. The number of aromatic nitrogens is 6. The molecule has 9 nitrogen and oxygen atoms in total. The summed E-state index contributed by atoms with van der Waals surface area (Å²) in [7, 11) is 0. The molecule has 0 spiro atoms. The molecule has 0 radical (unpaired) electrons. The summed E-state index contributed by atoms with van der Waals surface area (Å²) >= 11 is 0. The first-order valence-electron chi connectivity index (χ1n) is 7.93. The minimum Gasteiger partial charge on any atom is -0.478 e. The summed E-state index contributed by atoms with van der Waals surface area (Å²) in [4.78, 5) is 21.4. The molecule has 24 heavy (non-hydrogen) atoms. The molecule has 9 heteroatoms. The van der Waals surface area contributed by atoms with E-state index in [0.717, 1.165) is 43.5 Å². The van der Waals surface area contributed by atoms with Gasteiger partial charge in [-0.3, -0.25) is 4.98 Å². The zero-order valence-electron chi connectivity index (χ0n) is 13.4. The van der Waals surface area contributed by atoms with Crippen molar-refractivity contribution in [2.45, 2.75) is 6.92 Å². The van der Waals surface area contributed by atoms with Crippen molar-refractivity contribution in [2.24, 2.45) is 0 Å². The van der Waals surface area contributed by atoms with Crippen LogP contribution in [0.25, 0.3) is 5.65 Å². The Kier molecular flexibility index (Phi) is 3.81. The number of anilines is 2. The van der Waals surface area contributed by atoms with E-state index in [0.29, 0.717) is 12.5 Å². The Morgan fingerprint density at radius 3 is 2.67 bits per heavy atom. The van der Waals surface area contributed by atoms with Crippen LogP contribution in [0.15, 0.2) is 31.1 Å². The highest BCUT2D eigenvalue weighted by Gasteiger charge is 2.21. The van der Waals surface area contributed by atoms with Gasteiger partial charge in [-0.05, 0) is 6.92 Å². The van der Waals surface area contributed by atoms with Crippen molar-refractivity contribution in [3.63, 3.8) is 0 Å². The molecule has 0 bridgehead atoms. The maximum atomic E-state index is 5.45. The number of fused-ring (bicyclic) bond motifs is 1. The first kappa shape index (κ1) is 14.6. The molecule has 0 aliphatic carbocycles. The molecule has 124 valence electrons. The molecule has 4 rings (SSSR count). The minimum atomic E-state index is 0.596. The van der Waals surface area contributed by atoms with Crippen molar-refractivity contribution in [1.29, 1.82) is 0 Å². The van der Waals surface area contributed by atoms with Crippen molar-refractivity contribution in [1.82, 2.24) is 29.5 Å². The van der Waals surface area contributed by atoms with Crippen LogP contribution in [0.1, 0.15) is 6.92 Å². The molecule has 1 aliphatic rings. The third-order valence-corrected chi connectivity index (χ3v) is 4.02. The van der Waals surface area contributed by atoms with Crippen LogP contribution in [0.4, 0.5) is 11.6 Å². The molecule has 0 N–H and O–H groups in total. The Labute approximate surface area is 138 Å². The van der Waals surface area contributed by atoms with Gasteiger partial charge in [-0.25, -0.2) is 15.0 Å².